The molecule has 0 fully saturated rings. The number of carbonyl (C=O) groups is 1. The molecule has 0 saturated heterocycles. The molecule has 0 bridgehead atoms. The van der Waals surface area contributed by atoms with Gasteiger partial charge in [0.15, 0.2) is 0 Å². The third kappa shape index (κ3) is 2.96. The normalized spacial score (nSPS) is 12.2. The van der Waals surface area contributed by atoms with Crippen molar-refractivity contribution in [3.8, 4) is 0 Å². The van der Waals surface area contributed by atoms with Crippen LogP contribution in [0.25, 0.3) is 0 Å². The second-order valence-electron chi connectivity index (χ2n) is 4.52. The SMILES string of the molecule is Cc1nn(C)cc1C(C)NC(=O)c1ccccc1Cl. The van der Waals surface area contributed by atoms with Gasteiger partial charge in [0.25, 0.3) is 5.91 Å². The van der Waals surface area contributed by atoms with Crippen LogP contribution in [0.5, 0.6) is 0 Å². The molecule has 1 aromatic heterocycles. The molecule has 1 atom stereocenters. The Morgan fingerprint density at radius 1 is 1.42 bits per heavy atom. The van der Waals surface area contributed by atoms with Gasteiger partial charge in [-0.15, -0.1) is 0 Å². The molecule has 0 radical (unpaired) electrons. The first-order valence-corrected chi connectivity index (χ1v) is 6.42. The lowest BCUT2D eigenvalue weighted by Gasteiger charge is -2.13. The Kier molecular flexibility index (Phi) is 3.90. The highest BCUT2D eigenvalue weighted by Gasteiger charge is 2.16. The maximum atomic E-state index is 12.1. The van der Waals surface area contributed by atoms with Crippen molar-refractivity contribution in [2.45, 2.75) is 19.9 Å². The minimum absolute atomic E-state index is 0.113. The van der Waals surface area contributed by atoms with E-state index in [1.54, 1.807) is 28.9 Å². The van der Waals surface area contributed by atoms with Crippen LogP contribution < -0.4 is 5.32 Å². The Morgan fingerprint density at radius 3 is 2.68 bits per heavy atom. The van der Waals surface area contributed by atoms with E-state index in [0.29, 0.717) is 10.6 Å². The number of nitrogens with one attached hydrogen (secondary N) is 1. The van der Waals surface area contributed by atoms with Crippen LogP contribution in [0.1, 0.15) is 34.6 Å². The minimum atomic E-state index is -0.179. The van der Waals surface area contributed by atoms with E-state index >= 15 is 0 Å². The number of aryl methyl sites for hydroxylation is 2. The number of aromatic nitrogens is 2. The molecule has 0 aliphatic heterocycles. The number of amides is 1. The van der Waals surface area contributed by atoms with Crippen molar-refractivity contribution in [2.75, 3.05) is 0 Å². The summed E-state index contributed by atoms with van der Waals surface area (Å²) in [7, 11) is 1.86. The molecule has 0 saturated carbocycles. The molecule has 1 unspecified atom stereocenters. The van der Waals surface area contributed by atoms with Crippen molar-refractivity contribution in [1.82, 2.24) is 15.1 Å². The molecule has 1 N–H and O–H groups in total. The number of halogens is 1. The number of hydrogen-bond donors (Lipinski definition) is 1. The summed E-state index contributed by atoms with van der Waals surface area (Å²) in [4.78, 5) is 12.1. The molecule has 2 rings (SSSR count). The highest BCUT2D eigenvalue weighted by atomic mass is 35.5. The molecule has 4 nitrogen and oxygen atoms in total. The van der Waals surface area contributed by atoms with Crippen molar-refractivity contribution in [1.29, 1.82) is 0 Å². The standard InChI is InChI=1S/C14H16ClN3O/c1-9(12-8-18(3)17-10(12)2)16-14(19)11-6-4-5-7-13(11)15/h4-9H,1-3H3,(H,16,19). The summed E-state index contributed by atoms with van der Waals surface area (Å²) in [6, 6.07) is 6.89. The van der Waals surface area contributed by atoms with Crippen LogP contribution in [-0.2, 0) is 7.05 Å². The Morgan fingerprint density at radius 2 is 2.11 bits per heavy atom. The third-order valence-electron chi connectivity index (χ3n) is 2.98. The van der Waals surface area contributed by atoms with Gasteiger partial charge in [-0.25, -0.2) is 0 Å². The van der Waals surface area contributed by atoms with Gasteiger partial charge >= 0.3 is 0 Å². The first kappa shape index (κ1) is 13.6. The van der Waals surface area contributed by atoms with Crippen molar-refractivity contribution >= 4 is 17.5 Å². The Balaban J connectivity index is 2.15. The average molecular weight is 278 g/mol. The highest BCUT2D eigenvalue weighted by Crippen LogP contribution is 2.19. The molecule has 1 heterocycles. The molecule has 19 heavy (non-hydrogen) atoms. The fourth-order valence-corrected chi connectivity index (χ4v) is 2.26. The lowest BCUT2D eigenvalue weighted by molar-refractivity contribution is 0.0940. The van der Waals surface area contributed by atoms with E-state index in [1.165, 1.54) is 0 Å². The molecule has 2 aromatic rings. The lowest BCUT2D eigenvalue weighted by atomic mass is 10.1. The van der Waals surface area contributed by atoms with Crippen LogP contribution >= 0.6 is 11.6 Å². The molecular weight excluding hydrogens is 262 g/mol. The second kappa shape index (κ2) is 5.45. The quantitative estimate of drug-likeness (QED) is 0.938. The zero-order valence-corrected chi connectivity index (χ0v) is 11.9. The topological polar surface area (TPSA) is 46.9 Å². The van der Waals surface area contributed by atoms with Gasteiger partial charge < -0.3 is 5.32 Å². The minimum Gasteiger partial charge on any atom is -0.345 e. The molecular formula is C14H16ClN3O. The molecule has 1 aromatic carbocycles. The van der Waals surface area contributed by atoms with Crippen LogP contribution in [0.3, 0.4) is 0 Å². The monoisotopic (exact) mass is 277 g/mol. The zero-order valence-electron chi connectivity index (χ0n) is 11.1. The smallest absolute Gasteiger partial charge is 0.253 e. The van der Waals surface area contributed by atoms with E-state index < -0.39 is 0 Å². The highest BCUT2D eigenvalue weighted by molar-refractivity contribution is 6.33. The number of carbonyl (C=O) groups excluding carboxylic acids is 1. The van der Waals surface area contributed by atoms with Crippen molar-refractivity contribution in [3.05, 3.63) is 52.3 Å². The fraction of sp³-hybridized carbons (Fsp3) is 0.286. The van der Waals surface area contributed by atoms with Crippen LogP contribution in [0.2, 0.25) is 5.02 Å². The van der Waals surface area contributed by atoms with Crippen LogP contribution in [0.4, 0.5) is 0 Å². The van der Waals surface area contributed by atoms with Gasteiger partial charge in [-0.05, 0) is 26.0 Å². The third-order valence-corrected chi connectivity index (χ3v) is 3.31. The molecule has 0 spiro atoms. The Labute approximate surface area is 117 Å². The van der Waals surface area contributed by atoms with E-state index in [4.69, 9.17) is 11.6 Å². The average Bonchev–Trinajstić information content (AvgIpc) is 2.69. The van der Waals surface area contributed by atoms with E-state index in [-0.39, 0.29) is 11.9 Å². The van der Waals surface area contributed by atoms with E-state index in [0.717, 1.165) is 11.3 Å². The number of hydrogen-bond acceptors (Lipinski definition) is 2. The van der Waals surface area contributed by atoms with Crippen molar-refractivity contribution in [3.63, 3.8) is 0 Å². The summed E-state index contributed by atoms with van der Waals surface area (Å²) in [6.07, 6.45) is 1.91. The van der Waals surface area contributed by atoms with Crippen LogP contribution in [0, 0.1) is 6.92 Å². The number of nitrogens with zero attached hydrogens (tertiary/aromatic N) is 2. The predicted octanol–water partition coefficient (Wildman–Crippen LogP) is 2.87. The Bertz CT molecular complexity index is 606. The number of benzene rings is 1. The van der Waals surface area contributed by atoms with Gasteiger partial charge in [-0.3, -0.25) is 9.48 Å². The van der Waals surface area contributed by atoms with Gasteiger partial charge in [0, 0.05) is 18.8 Å². The maximum absolute atomic E-state index is 12.1. The molecule has 0 aliphatic carbocycles. The summed E-state index contributed by atoms with van der Waals surface area (Å²) >= 11 is 6.01. The van der Waals surface area contributed by atoms with Gasteiger partial charge in [-0.2, -0.15) is 5.10 Å². The van der Waals surface area contributed by atoms with Gasteiger partial charge in [-0.1, -0.05) is 23.7 Å². The Hall–Kier alpha value is -1.81. The van der Waals surface area contributed by atoms with Gasteiger partial charge in [0.2, 0.25) is 0 Å². The first-order chi connectivity index (χ1) is 8.99. The van der Waals surface area contributed by atoms with Crippen molar-refractivity contribution < 1.29 is 4.79 Å². The fourth-order valence-electron chi connectivity index (χ4n) is 2.04. The summed E-state index contributed by atoms with van der Waals surface area (Å²) in [5.41, 5.74) is 2.40. The zero-order chi connectivity index (χ0) is 14.0. The molecule has 100 valence electrons. The molecule has 5 heteroatoms. The first-order valence-electron chi connectivity index (χ1n) is 6.04. The van der Waals surface area contributed by atoms with Crippen LogP contribution in [-0.4, -0.2) is 15.7 Å². The second-order valence-corrected chi connectivity index (χ2v) is 4.93. The summed E-state index contributed by atoms with van der Waals surface area (Å²) in [6.45, 7) is 3.85. The lowest BCUT2D eigenvalue weighted by Crippen LogP contribution is -2.27. The van der Waals surface area contributed by atoms with E-state index in [2.05, 4.69) is 10.4 Å². The van der Waals surface area contributed by atoms with E-state index in [9.17, 15) is 4.79 Å². The van der Waals surface area contributed by atoms with Crippen molar-refractivity contribution in [2.24, 2.45) is 7.05 Å². The molecule has 1 amide bonds. The molecule has 0 aliphatic rings. The largest absolute Gasteiger partial charge is 0.345 e. The summed E-state index contributed by atoms with van der Waals surface area (Å²) in [5.74, 6) is -0.179. The van der Waals surface area contributed by atoms with E-state index in [1.807, 2.05) is 27.1 Å². The van der Waals surface area contributed by atoms with Gasteiger partial charge in [0.1, 0.15) is 0 Å². The predicted molar refractivity (Wildman–Crippen MR) is 75.3 cm³/mol. The number of rotatable bonds is 3. The van der Waals surface area contributed by atoms with Gasteiger partial charge in [0.05, 0.1) is 22.3 Å². The summed E-state index contributed by atoms with van der Waals surface area (Å²) in [5, 5.41) is 7.65. The van der Waals surface area contributed by atoms with Crippen LogP contribution in [0.15, 0.2) is 30.5 Å². The maximum Gasteiger partial charge on any atom is 0.253 e. The summed E-state index contributed by atoms with van der Waals surface area (Å²) < 4.78 is 1.74.